The van der Waals surface area contributed by atoms with Gasteiger partial charge in [-0.1, -0.05) is 60.1 Å². The van der Waals surface area contributed by atoms with E-state index in [4.69, 9.17) is 22.1 Å². The normalized spacial score (nSPS) is 15.1. The Hall–Kier alpha value is -3.06. The third-order valence-corrected chi connectivity index (χ3v) is 6.00. The molecule has 0 aromatic heterocycles. The number of nitrogens with two attached hydrogens (primary N) is 1. The maximum absolute atomic E-state index is 12.5. The molecule has 0 bridgehead atoms. The molecule has 0 saturated carbocycles. The molecule has 2 aromatic carbocycles. The number of hydrogen-bond acceptors (Lipinski definition) is 4. The van der Waals surface area contributed by atoms with E-state index in [1.54, 1.807) is 29.2 Å². The van der Waals surface area contributed by atoms with Crippen LogP contribution in [0, 0.1) is 5.92 Å². The lowest BCUT2D eigenvalue weighted by molar-refractivity contribution is -0.153. The van der Waals surface area contributed by atoms with Crippen LogP contribution in [-0.4, -0.2) is 42.5 Å². The van der Waals surface area contributed by atoms with E-state index in [1.165, 1.54) is 5.56 Å². The molecule has 1 aliphatic heterocycles. The van der Waals surface area contributed by atoms with Crippen LogP contribution in [-0.2, 0) is 20.7 Å². The van der Waals surface area contributed by atoms with E-state index in [9.17, 15) is 14.4 Å². The Morgan fingerprint density at radius 3 is 2.38 bits per heavy atom. The largest absolute Gasteiger partial charge is 0.455 e. The highest BCUT2D eigenvalue weighted by Gasteiger charge is 2.25. The highest BCUT2D eigenvalue weighted by Crippen LogP contribution is 2.25. The Balaban J connectivity index is 1.45. The maximum atomic E-state index is 12.5. The summed E-state index contributed by atoms with van der Waals surface area (Å²) < 4.78 is 5.19. The van der Waals surface area contributed by atoms with Gasteiger partial charge < -0.3 is 20.7 Å². The van der Waals surface area contributed by atoms with Gasteiger partial charge in [0.15, 0.2) is 6.61 Å². The van der Waals surface area contributed by atoms with Gasteiger partial charge in [0.2, 0.25) is 0 Å². The molecule has 0 radical (unpaired) electrons. The number of hydrogen-bond donors (Lipinski definition) is 2. The zero-order valence-corrected chi connectivity index (χ0v) is 18.6. The minimum atomic E-state index is -0.780. The molecule has 2 aromatic rings. The summed E-state index contributed by atoms with van der Waals surface area (Å²) in [6.45, 7) is 0.979. The van der Waals surface area contributed by atoms with E-state index in [0.29, 0.717) is 29.6 Å². The number of nitrogens with zero attached hydrogens (tertiary/aromatic N) is 1. The molecule has 3 N–H and O–H groups in total. The number of benzene rings is 2. The number of urea groups is 1. The van der Waals surface area contributed by atoms with Crippen LogP contribution >= 0.6 is 11.6 Å². The second-order valence-electron chi connectivity index (χ2n) is 7.96. The highest BCUT2D eigenvalue weighted by molar-refractivity contribution is 6.31. The molecule has 1 unspecified atom stereocenters. The molecule has 1 saturated heterocycles. The Kier molecular flexibility index (Phi) is 8.50. The third kappa shape index (κ3) is 6.99. The molecule has 1 fully saturated rings. The Bertz CT molecular complexity index is 930. The van der Waals surface area contributed by atoms with Gasteiger partial charge in [-0.15, -0.1) is 0 Å². The number of nitrogens with one attached hydrogen (secondary N) is 1. The Labute approximate surface area is 192 Å². The Morgan fingerprint density at radius 2 is 1.72 bits per heavy atom. The molecule has 7 nitrogen and oxygen atoms in total. The molecule has 3 amide bonds. The van der Waals surface area contributed by atoms with Crippen molar-refractivity contribution in [2.24, 2.45) is 11.7 Å². The fourth-order valence-corrected chi connectivity index (χ4v) is 4.23. The number of rotatable bonds is 8. The number of piperidine rings is 1. The molecule has 170 valence electrons. The van der Waals surface area contributed by atoms with Crippen LogP contribution in [0.4, 0.5) is 4.79 Å². The van der Waals surface area contributed by atoms with Crippen LogP contribution in [0.1, 0.15) is 36.4 Å². The van der Waals surface area contributed by atoms with Crippen molar-refractivity contribution in [3.05, 3.63) is 70.7 Å². The SMILES string of the molecule is NC(=O)NC(CC(=O)OCC(=O)N1CCC(Cc2ccccc2)CC1)c1ccccc1Cl. The molecule has 1 heterocycles. The van der Waals surface area contributed by atoms with Crippen molar-refractivity contribution in [3.63, 3.8) is 0 Å². The third-order valence-electron chi connectivity index (χ3n) is 5.66. The summed E-state index contributed by atoms with van der Waals surface area (Å²) in [5, 5.41) is 2.90. The lowest BCUT2D eigenvalue weighted by Gasteiger charge is -2.32. The molecule has 1 atom stereocenters. The van der Waals surface area contributed by atoms with Crippen LogP contribution < -0.4 is 11.1 Å². The van der Waals surface area contributed by atoms with E-state index in [1.807, 2.05) is 18.2 Å². The number of primary amides is 1. The molecule has 0 spiro atoms. The molecule has 32 heavy (non-hydrogen) atoms. The van der Waals surface area contributed by atoms with Gasteiger partial charge in [0.25, 0.3) is 5.91 Å². The zero-order valence-electron chi connectivity index (χ0n) is 17.8. The predicted molar refractivity (Wildman–Crippen MR) is 122 cm³/mol. The molecule has 3 rings (SSSR count). The van der Waals surface area contributed by atoms with Crippen molar-refractivity contribution >= 4 is 29.5 Å². The van der Waals surface area contributed by atoms with Crippen molar-refractivity contribution in [2.75, 3.05) is 19.7 Å². The first-order valence-electron chi connectivity index (χ1n) is 10.7. The average molecular weight is 458 g/mol. The fraction of sp³-hybridized carbons (Fsp3) is 0.375. The standard InChI is InChI=1S/C24H28ClN3O4/c25-20-9-5-4-8-19(20)21(27-24(26)31)15-23(30)32-16-22(29)28-12-10-18(11-13-28)14-17-6-2-1-3-7-17/h1-9,18,21H,10-16H2,(H3,26,27,31). The quantitative estimate of drug-likeness (QED) is 0.592. The van der Waals surface area contributed by atoms with Gasteiger partial charge in [-0.25, -0.2) is 4.79 Å². The predicted octanol–water partition coefficient (Wildman–Crippen LogP) is 3.46. The second-order valence-corrected chi connectivity index (χ2v) is 8.37. The smallest absolute Gasteiger partial charge is 0.312 e. The lowest BCUT2D eigenvalue weighted by Crippen LogP contribution is -2.41. The van der Waals surface area contributed by atoms with E-state index >= 15 is 0 Å². The van der Waals surface area contributed by atoms with Gasteiger partial charge in [0.05, 0.1) is 12.5 Å². The minimum Gasteiger partial charge on any atom is -0.455 e. The van der Waals surface area contributed by atoms with Gasteiger partial charge in [-0.3, -0.25) is 9.59 Å². The van der Waals surface area contributed by atoms with Gasteiger partial charge >= 0.3 is 12.0 Å². The van der Waals surface area contributed by atoms with Crippen molar-refractivity contribution in [1.29, 1.82) is 0 Å². The van der Waals surface area contributed by atoms with Gasteiger partial charge in [-0.05, 0) is 42.4 Å². The van der Waals surface area contributed by atoms with E-state index in [2.05, 4.69) is 17.4 Å². The fourth-order valence-electron chi connectivity index (χ4n) is 3.96. The molecular formula is C24H28ClN3O4. The van der Waals surface area contributed by atoms with Crippen molar-refractivity contribution in [3.8, 4) is 0 Å². The molecule has 1 aliphatic rings. The number of carbonyl (C=O) groups excluding carboxylic acids is 3. The summed E-state index contributed by atoms with van der Waals surface area (Å²) in [6, 6.07) is 15.7. The van der Waals surface area contributed by atoms with Gasteiger partial charge in [0.1, 0.15) is 0 Å². The first-order chi connectivity index (χ1) is 15.4. The molecule has 8 heteroatoms. The molecular weight excluding hydrogens is 430 g/mol. The van der Waals surface area contributed by atoms with Crippen LogP contribution in [0.2, 0.25) is 5.02 Å². The summed E-state index contributed by atoms with van der Waals surface area (Å²) in [4.78, 5) is 37.9. The van der Waals surface area contributed by atoms with E-state index in [-0.39, 0.29) is 18.9 Å². The first kappa shape index (κ1) is 23.6. The van der Waals surface area contributed by atoms with Crippen molar-refractivity contribution < 1.29 is 19.1 Å². The maximum Gasteiger partial charge on any atom is 0.312 e. The molecule has 0 aliphatic carbocycles. The van der Waals surface area contributed by atoms with Crippen LogP contribution in [0.25, 0.3) is 0 Å². The summed E-state index contributed by atoms with van der Waals surface area (Å²) in [5.41, 5.74) is 7.09. The first-order valence-corrected chi connectivity index (χ1v) is 11.1. The lowest BCUT2D eigenvalue weighted by atomic mass is 9.90. The summed E-state index contributed by atoms with van der Waals surface area (Å²) >= 11 is 6.17. The number of amides is 3. The van der Waals surface area contributed by atoms with Gasteiger partial charge in [-0.2, -0.15) is 0 Å². The van der Waals surface area contributed by atoms with Crippen molar-refractivity contribution in [2.45, 2.75) is 31.7 Å². The van der Waals surface area contributed by atoms with E-state index < -0.39 is 18.0 Å². The van der Waals surface area contributed by atoms with Crippen LogP contribution in [0.15, 0.2) is 54.6 Å². The Morgan fingerprint density at radius 1 is 1.06 bits per heavy atom. The number of carbonyl (C=O) groups is 3. The van der Waals surface area contributed by atoms with E-state index in [0.717, 1.165) is 19.3 Å². The van der Waals surface area contributed by atoms with Crippen LogP contribution in [0.3, 0.4) is 0 Å². The number of ether oxygens (including phenoxy) is 1. The summed E-state index contributed by atoms with van der Waals surface area (Å²) in [7, 11) is 0. The highest BCUT2D eigenvalue weighted by atomic mass is 35.5. The minimum absolute atomic E-state index is 0.181. The second kappa shape index (κ2) is 11.5. The average Bonchev–Trinajstić information content (AvgIpc) is 2.78. The monoisotopic (exact) mass is 457 g/mol. The number of halogens is 1. The zero-order chi connectivity index (χ0) is 22.9. The summed E-state index contributed by atoms with van der Waals surface area (Å²) in [6.07, 6.45) is 2.67. The van der Waals surface area contributed by atoms with Crippen molar-refractivity contribution in [1.82, 2.24) is 10.2 Å². The topological polar surface area (TPSA) is 102 Å². The number of likely N-dealkylation sites (tertiary alicyclic amines) is 1. The van der Waals surface area contributed by atoms with Crippen LogP contribution in [0.5, 0.6) is 0 Å². The van der Waals surface area contributed by atoms with Gasteiger partial charge in [0, 0.05) is 18.1 Å². The number of esters is 1. The summed E-state index contributed by atoms with van der Waals surface area (Å²) in [5.74, 6) is -0.287.